The van der Waals surface area contributed by atoms with Crippen LogP contribution in [0.4, 0.5) is 26.3 Å². The van der Waals surface area contributed by atoms with Crippen molar-refractivity contribution in [1.82, 2.24) is 5.32 Å². The van der Waals surface area contributed by atoms with Crippen molar-refractivity contribution >= 4 is 10.8 Å². The highest BCUT2D eigenvalue weighted by Crippen LogP contribution is 2.36. The van der Waals surface area contributed by atoms with Gasteiger partial charge in [0.15, 0.2) is 0 Å². The Morgan fingerprint density at radius 3 is 1.86 bits per heavy atom. The average Bonchev–Trinajstić information content (AvgIpc) is 2.32. The minimum absolute atomic E-state index is 0.0879. The topological polar surface area (TPSA) is 29.1 Å². The van der Waals surface area contributed by atoms with E-state index in [4.69, 9.17) is 0 Å². The van der Waals surface area contributed by atoms with Crippen LogP contribution in [0.2, 0.25) is 0 Å². The van der Waals surface area contributed by atoms with E-state index in [9.17, 15) is 30.6 Å². The molecule has 1 unspecified atom stereocenters. The molecule has 0 spiro atoms. The van der Waals surface area contributed by atoms with E-state index in [0.29, 0.717) is 12.1 Å². The second-order valence-electron chi connectivity index (χ2n) is 4.37. The van der Waals surface area contributed by atoms with Gasteiger partial charge in [0.05, 0.1) is 11.1 Å². The average molecular weight is 333 g/mol. The maximum absolute atomic E-state index is 12.6. The van der Waals surface area contributed by atoms with Crippen LogP contribution in [0.25, 0.3) is 0 Å². The van der Waals surface area contributed by atoms with Crippen LogP contribution >= 0.6 is 0 Å². The Bertz CT molecular complexity index is 479. The van der Waals surface area contributed by atoms with Gasteiger partial charge < -0.3 is 5.32 Å². The monoisotopic (exact) mass is 333 g/mol. The van der Waals surface area contributed by atoms with E-state index in [0.717, 1.165) is 0 Å². The number of hydrogen-bond donors (Lipinski definition) is 1. The molecule has 9 heteroatoms. The summed E-state index contributed by atoms with van der Waals surface area (Å²) in [6.45, 7) is 0.0743. The van der Waals surface area contributed by atoms with E-state index in [1.165, 1.54) is 6.26 Å². The summed E-state index contributed by atoms with van der Waals surface area (Å²) < 4.78 is 86.4. The summed E-state index contributed by atoms with van der Waals surface area (Å²) >= 11 is 0. The molecule has 1 rings (SSSR count). The van der Waals surface area contributed by atoms with Crippen LogP contribution in [0.15, 0.2) is 18.2 Å². The number of nitrogens with one attached hydrogen (secondary N) is 1. The van der Waals surface area contributed by atoms with Crippen LogP contribution in [-0.2, 0) is 29.7 Å². The second-order valence-corrected chi connectivity index (χ2v) is 5.92. The van der Waals surface area contributed by atoms with Gasteiger partial charge >= 0.3 is 12.4 Å². The van der Waals surface area contributed by atoms with Gasteiger partial charge in [-0.1, -0.05) is 0 Å². The summed E-state index contributed by atoms with van der Waals surface area (Å²) in [6, 6.07) is 1.43. The first-order chi connectivity index (χ1) is 9.50. The van der Waals surface area contributed by atoms with Crippen LogP contribution in [-0.4, -0.2) is 22.8 Å². The lowest BCUT2D eigenvalue weighted by molar-refractivity contribution is -0.143. The van der Waals surface area contributed by atoms with E-state index in [1.54, 1.807) is 0 Å². The van der Waals surface area contributed by atoms with E-state index >= 15 is 0 Å². The van der Waals surface area contributed by atoms with Gasteiger partial charge in [-0.05, 0) is 23.8 Å². The first-order valence-electron chi connectivity index (χ1n) is 5.79. The molecular weight excluding hydrogens is 320 g/mol. The molecule has 0 radical (unpaired) electrons. The Morgan fingerprint density at radius 1 is 1.00 bits per heavy atom. The fraction of sp³-hybridized carbons (Fsp3) is 0.500. The molecule has 21 heavy (non-hydrogen) atoms. The zero-order valence-electron chi connectivity index (χ0n) is 10.9. The molecule has 0 aliphatic rings. The predicted octanol–water partition coefficient (Wildman–Crippen LogP) is 3.19. The first kappa shape index (κ1) is 18.0. The minimum atomic E-state index is -4.85. The zero-order chi connectivity index (χ0) is 16.3. The molecule has 1 N–H and O–H groups in total. The molecule has 0 saturated carbocycles. The van der Waals surface area contributed by atoms with E-state index in [2.05, 4.69) is 5.32 Å². The zero-order valence-corrected chi connectivity index (χ0v) is 11.8. The van der Waals surface area contributed by atoms with E-state index in [1.807, 2.05) is 0 Å². The molecule has 1 aromatic carbocycles. The van der Waals surface area contributed by atoms with E-state index < -0.39 is 34.3 Å². The molecular formula is C12H13F6NOS. The molecule has 1 aromatic rings. The molecule has 0 bridgehead atoms. The molecule has 1 atom stereocenters. The standard InChI is InChI=1S/C12H13F6NOS/c1-21(20)3-2-19-7-8-4-9(11(13,14)15)6-10(5-8)12(16,17)18/h4-6,19H,2-3,7H2,1H3. The molecule has 0 saturated heterocycles. The van der Waals surface area contributed by atoms with Crippen molar-refractivity contribution in [2.75, 3.05) is 18.6 Å². The Hall–Kier alpha value is -1.09. The lowest BCUT2D eigenvalue weighted by Crippen LogP contribution is -2.20. The van der Waals surface area contributed by atoms with Gasteiger partial charge in [-0.2, -0.15) is 26.3 Å². The molecule has 0 aliphatic carbocycles. The van der Waals surface area contributed by atoms with Gasteiger partial charge in [0.25, 0.3) is 0 Å². The van der Waals surface area contributed by atoms with Gasteiger partial charge in [0.2, 0.25) is 0 Å². The Labute approximate surface area is 120 Å². The van der Waals surface area contributed by atoms with Crippen LogP contribution in [0.1, 0.15) is 16.7 Å². The number of hydrogen-bond acceptors (Lipinski definition) is 2. The number of benzene rings is 1. The molecule has 2 nitrogen and oxygen atoms in total. The summed E-state index contributed by atoms with van der Waals surface area (Å²) in [4.78, 5) is 0. The quantitative estimate of drug-likeness (QED) is 0.662. The number of rotatable bonds is 5. The van der Waals surface area contributed by atoms with E-state index in [-0.39, 0.29) is 30.5 Å². The first-order valence-corrected chi connectivity index (χ1v) is 7.52. The maximum Gasteiger partial charge on any atom is 0.416 e. The maximum atomic E-state index is 12.6. The summed E-state index contributed by atoms with van der Waals surface area (Å²) in [5.74, 6) is 0.269. The highest BCUT2D eigenvalue weighted by Gasteiger charge is 2.36. The second kappa shape index (κ2) is 6.78. The van der Waals surface area contributed by atoms with Crippen molar-refractivity contribution in [1.29, 1.82) is 0 Å². The van der Waals surface area contributed by atoms with Gasteiger partial charge in [0.1, 0.15) is 0 Å². The smallest absolute Gasteiger partial charge is 0.312 e. The molecule has 0 heterocycles. The highest BCUT2D eigenvalue weighted by atomic mass is 32.2. The lowest BCUT2D eigenvalue weighted by Gasteiger charge is -2.14. The Morgan fingerprint density at radius 2 is 1.48 bits per heavy atom. The largest absolute Gasteiger partial charge is 0.416 e. The summed E-state index contributed by atoms with van der Waals surface area (Å²) in [6.07, 6.45) is -8.24. The molecule has 0 fully saturated rings. The van der Waals surface area contributed by atoms with Crippen molar-refractivity contribution in [3.63, 3.8) is 0 Å². The van der Waals surface area contributed by atoms with Gasteiger partial charge in [-0.25, -0.2) is 0 Å². The third-order valence-electron chi connectivity index (χ3n) is 2.54. The molecule has 0 amide bonds. The molecule has 120 valence electrons. The predicted molar refractivity (Wildman–Crippen MR) is 67.1 cm³/mol. The van der Waals surface area contributed by atoms with Crippen molar-refractivity contribution in [3.05, 3.63) is 34.9 Å². The summed E-state index contributed by atoms with van der Waals surface area (Å²) in [5.41, 5.74) is -2.81. The lowest BCUT2D eigenvalue weighted by atomic mass is 10.0. The van der Waals surface area contributed by atoms with Crippen molar-refractivity contribution in [2.24, 2.45) is 0 Å². The number of halogens is 6. The van der Waals surface area contributed by atoms with Crippen LogP contribution in [0.3, 0.4) is 0 Å². The van der Waals surface area contributed by atoms with Crippen molar-refractivity contribution < 1.29 is 30.6 Å². The fourth-order valence-corrected chi connectivity index (χ4v) is 2.00. The van der Waals surface area contributed by atoms with Crippen LogP contribution in [0.5, 0.6) is 0 Å². The molecule has 0 aromatic heterocycles. The van der Waals surface area contributed by atoms with Crippen LogP contribution < -0.4 is 5.32 Å². The summed E-state index contributed by atoms with van der Waals surface area (Å²) in [7, 11) is -1.08. The Balaban J connectivity index is 2.95. The fourth-order valence-electron chi connectivity index (χ4n) is 1.57. The van der Waals surface area contributed by atoms with Crippen LogP contribution in [0, 0.1) is 0 Å². The van der Waals surface area contributed by atoms with Crippen molar-refractivity contribution in [3.8, 4) is 0 Å². The highest BCUT2D eigenvalue weighted by molar-refractivity contribution is 7.84. The number of alkyl halides is 6. The SMILES string of the molecule is CS(=O)CCNCc1cc(C(F)(F)F)cc(C(F)(F)F)c1. The van der Waals surface area contributed by atoms with Gasteiger partial charge in [-0.3, -0.25) is 4.21 Å². The third-order valence-corrected chi connectivity index (χ3v) is 3.32. The summed E-state index contributed by atoms with van der Waals surface area (Å²) in [5, 5.41) is 2.66. The Kier molecular flexibility index (Phi) is 5.80. The van der Waals surface area contributed by atoms with Crippen molar-refractivity contribution in [2.45, 2.75) is 18.9 Å². The van der Waals surface area contributed by atoms with Gasteiger partial charge in [-0.15, -0.1) is 0 Å². The molecule has 0 aliphatic heterocycles. The normalized spacial score (nSPS) is 14.2. The van der Waals surface area contributed by atoms with Gasteiger partial charge in [0, 0.05) is 35.9 Å². The minimum Gasteiger partial charge on any atom is -0.312 e. The third kappa shape index (κ3) is 6.04.